The van der Waals surface area contributed by atoms with E-state index in [2.05, 4.69) is 11.7 Å². The fourth-order valence-electron chi connectivity index (χ4n) is 1.44. The van der Waals surface area contributed by atoms with Gasteiger partial charge in [0.25, 0.3) is 0 Å². The van der Waals surface area contributed by atoms with Gasteiger partial charge in [-0.15, -0.1) is 0 Å². The van der Waals surface area contributed by atoms with Crippen LogP contribution in [0.25, 0.3) is 0 Å². The lowest BCUT2D eigenvalue weighted by atomic mass is 10.1. The van der Waals surface area contributed by atoms with E-state index < -0.39 is 0 Å². The van der Waals surface area contributed by atoms with Crippen molar-refractivity contribution in [3.63, 3.8) is 0 Å². The van der Waals surface area contributed by atoms with Gasteiger partial charge in [-0.1, -0.05) is 18.2 Å². The summed E-state index contributed by atoms with van der Waals surface area (Å²) in [5.74, 6) is -0.386. The largest absolute Gasteiger partial charge is 0.366 e. The highest BCUT2D eigenvalue weighted by atomic mass is 16.1. The van der Waals surface area contributed by atoms with Crippen LogP contribution in [0.15, 0.2) is 24.3 Å². The van der Waals surface area contributed by atoms with E-state index in [9.17, 15) is 4.79 Å². The molecule has 1 rings (SSSR count). The van der Waals surface area contributed by atoms with Crippen LogP contribution in [0.1, 0.15) is 22.3 Å². The van der Waals surface area contributed by atoms with Crippen LogP contribution in [0.2, 0.25) is 0 Å². The van der Waals surface area contributed by atoms with Crippen molar-refractivity contribution in [2.75, 3.05) is 13.1 Å². The molecule has 1 aromatic carbocycles. The third-order valence-corrected chi connectivity index (χ3v) is 2.26. The predicted molar refractivity (Wildman–Crippen MR) is 64.6 cm³/mol. The maximum absolute atomic E-state index is 11.1. The molecule has 4 heteroatoms. The molecule has 0 atom stereocenters. The van der Waals surface area contributed by atoms with Crippen LogP contribution in [0, 0.1) is 6.42 Å². The maximum Gasteiger partial charge on any atom is 0.249 e. The summed E-state index contributed by atoms with van der Waals surface area (Å²) in [5.41, 5.74) is 12.1. The number of hydrogen-bond donors (Lipinski definition) is 3. The second-order valence-corrected chi connectivity index (χ2v) is 3.52. The van der Waals surface area contributed by atoms with Gasteiger partial charge in [0.1, 0.15) is 0 Å². The van der Waals surface area contributed by atoms with Crippen molar-refractivity contribution in [2.24, 2.45) is 11.5 Å². The van der Waals surface area contributed by atoms with Crippen LogP contribution in [-0.2, 0) is 6.54 Å². The Hall–Kier alpha value is -1.39. The third kappa shape index (κ3) is 4.00. The fourth-order valence-corrected chi connectivity index (χ4v) is 1.44. The van der Waals surface area contributed by atoms with E-state index in [1.54, 1.807) is 6.07 Å². The minimum atomic E-state index is -0.386. The number of carbonyl (C=O) groups excluding carboxylic acids is 1. The number of unbranched alkanes of at least 4 members (excludes halogenated alkanes) is 1. The highest BCUT2D eigenvalue weighted by molar-refractivity contribution is 5.94. The first kappa shape index (κ1) is 12.7. The number of rotatable bonds is 7. The molecule has 16 heavy (non-hydrogen) atoms. The Labute approximate surface area is 96.0 Å². The van der Waals surface area contributed by atoms with Gasteiger partial charge in [0.2, 0.25) is 5.91 Å². The minimum Gasteiger partial charge on any atom is -0.366 e. The van der Waals surface area contributed by atoms with Gasteiger partial charge in [0.15, 0.2) is 0 Å². The van der Waals surface area contributed by atoms with Crippen LogP contribution >= 0.6 is 0 Å². The second kappa shape index (κ2) is 6.98. The molecule has 5 N–H and O–H groups in total. The summed E-state index contributed by atoms with van der Waals surface area (Å²) < 4.78 is 0. The molecule has 0 saturated carbocycles. The fraction of sp³-hybridized carbons (Fsp3) is 0.333. The van der Waals surface area contributed by atoms with Crippen LogP contribution in [0.3, 0.4) is 0 Å². The van der Waals surface area contributed by atoms with Crippen molar-refractivity contribution < 1.29 is 4.79 Å². The quantitative estimate of drug-likeness (QED) is 0.583. The SMILES string of the molecule is NCC[CH]CNCc1ccccc1C(N)=O. The molecule has 0 aromatic heterocycles. The van der Waals surface area contributed by atoms with E-state index in [1.165, 1.54) is 0 Å². The maximum atomic E-state index is 11.1. The standard InChI is InChI=1S/C12H18N3O/c13-7-3-4-8-15-9-10-5-1-2-6-11(10)12(14)16/h1-2,4-6,15H,3,7-9,13H2,(H2,14,16). The van der Waals surface area contributed by atoms with E-state index in [1.807, 2.05) is 18.2 Å². The van der Waals surface area contributed by atoms with Gasteiger partial charge in [0, 0.05) is 12.1 Å². The molecule has 1 radical (unpaired) electrons. The van der Waals surface area contributed by atoms with Gasteiger partial charge in [-0.3, -0.25) is 4.79 Å². The lowest BCUT2D eigenvalue weighted by molar-refractivity contribution is 0.0999. The van der Waals surface area contributed by atoms with Gasteiger partial charge in [-0.2, -0.15) is 0 Å². The zero-order valence-electron chi connectivity index (χ0n) is 9.28. The van der Waals surface area contributed by atoms with Crippen LogP contribution in [0.5, 0.6) is 0 Å². The van der Waals surface area contributed by atoms with Gasteiger partial charge < -0.3 is 16.8 Å². The molecule has 0 unspecified atom stereocenters. The molecule has 0 fully saturated rings. The molecular formula is C12H18N3O. The van der Waals surface area contributed by atoms with Gasteiger partial charge >= 0.3 is 0 Å². The normalized spacial score (nSPS) is 10.3. The molecule has 0 heterocycles. The van der Waals surface area contributed by atoms with Crippen molar-refractivity contribution >= 4 is 5.91 Å². The first-order valence-corrected chi connectivity index (χ1v) is 5.36. The highest BCUT2D eigenvalue weighted by Crippen LogP contribution is 2.07. The average molecular weight is 220 g/mol. The number of nitrogens with one attached hydrogen (secondary N) is 1. The Kier molecular flexibility index (Phi) is 5.53. The number of amides is 1. The van der Waals surface area contributed by atoms with E-state index in [-0.39, 0.29) is 5.91 Å². The first-order valence-electron chi connectivity index (χ1n) is 5.36. The lowest BCUT2D eigenvalue weighted by Gasteiger charge is -2.07. The Morgan fingerprint density at radius 1 is 1.38 bits per heavy atom. The predicted octanol–water partition coefficient (Wildman–Crippen LogP) is 0.428. The molecule has 1 aromatic rings. The van der Waals surface area contributed by atoms with Gasteiger partial charge in [-0.05, 0) is 37.6 Å². The summed E-state index contributed by atoms with van der Waals surface area (Å²) >= 11 is 0. The zero-order valence-corrected chi connectivity index (χ0v) is 9.28. The van der Waals surface area contributed by atoms with Gasteiger partial charge in [0.05, 0.1) is 0 Å². The van der Waals surface area contributed by atoms with Crippen LogP contribution in [-0.4, -0.2) is 19.0 Å². The topological polar surface area (TPSA) is 81.1 Å². The summed E-state index contributed by atoms with van der Waals surface area (Å²) in [4.78, 5) is 11.1. The summed E-state index contributed by atoms with van der Waals surface area (Å²) in [5, 5.41) is 3.21. The molecule has 1 amide bonds. The summed E-state index contributed by atoms with van der Waals surface area (Å²) in [6.45, 7) is 2.09. The first-order chi connectivity index (χ1) is 7.75. The Morgan fingerprint density at radius 2 is 2.12 bits per heavy atom. The summed E-state index contributed by atoms with van der Waals surface area (Å²) in [6.07, 6.45) is 2.97. The second-order valence-electron chi connectivity index (χ2n) is 3.52. The van der Waals surface area contributed by atoms with Crippen molar-refractivity contribution in [2.45, 2.75) is 13.0 Å². The number of hydrogen-bond acceptors (Lipinski definition) is 3. The molecule has 0 aliphatic carbocycles. The van der Waals surface area contributed by atoms with E-state index >= 15 is 0 Å². The highest BCUT2D eigenvalue weighted by Gasteiger charge is 2.05. The average Bonchev–Trinajstić information content (AvgIpc) is 2.29. The Morgan fingerprint density at radius 3 is 2.81 bits per heavy atom. The minimum absolute atomic E-state index is 0.386. The Bertz CT molecular complexity index is 339. The zero-order chi connectivity index (χ0) is 11.8. The molecule has 0 spiro atoms. The third-order valence-electron chi connectivity index (χ3n) is 2.26. The molecular weight excluding hydrogens is 202 g/mol. The summed E-state index contributed by atoms with van der Waals surface area (Å²) in [7, 11) is 0. The number of nitrogens with two attached hydrogens (primary N) is 2. The molecule has 87 valence electrons. The molecule has 0 aliphatic heterocycles. The molecule has 0 bridgehead atoms. The van der Waals surface area contributed by atoms with Crippen LogP contribution < -0.4 is 16.8 Å². The van der Waals surface area contributed by atoms with E-state index in [4.69, 9.17) is 11.5 Å². The number of carbonyl (C=O) groups is 1. The molecule has 0 saturated heterocycles. The van der Waals surface area contributed by atoms with Gasteiger partial charge in [-0.25, -0.2) is 0 Å². The van der Waals surface area contributed by atoms with E-state index in [0.29, 0.717) is 18.7 Å². The van der Waals surface area contributed by atoms with Crippen molar-refractivity contribution in [3.05, 3.63) is 41.8 Å². The van der Waals surface area contributed by atoms with E-state index in [0.717, 1.165) is 18.5 Å². The molecule has 4 nitrogen and oxygen atoms in total. The lowest BCUT2D eigenvalue weighted by Crippen LogP contribution is -2.20. The monoisotopic (exact) mass is 220 g/mol. The number of benzene rings is 1. The molecule has 0 aliphatic rings. The Balaban J connectivity index is 2.44. The van der Waals surface area contributed by atoms with Crippen molar-refractivity contribution in [1.29, 1.82) is 0 Å². The number of primary amides is 1. The van der Waals surface area contributed by atoms with Crippen LogP contribution in [0.4, 0.5) is 0 Å². The summed E-state index contributed by atoms with van der Waals surface area (Å²) in [6, 6.07) is 7.34. The van der Waals surface area contributed by atoms with Crippen molar-refractivity contribution in [3.8, 4) is 0 Å². The van der Waals surface area contributed by atoms with Crippen molar-refractivity contribution in [1.82, 2.24) is 5.32 Å². The smallest absolute Gasteiger partial charge is 0.249 e.